The third-order valence-electron chi connectivity index (χ3n) is 3.70. The molecule has 0 spiro atoms. The molecule has 1 aromatic rings. The van der Waals surface area contributed by atoms with Crippen LogP contribution >= 0.6 is 0 Å². The van der Waals surface area contributed by atoms with E-state index in [2.05, 4.69) is 13.0 Å². The molecule has 0 amide bonds. The zero-order valence-corrected chi connectivity index (χ0v) is 10.7. The van der Waals surface area contributed by atoms with Gasteiger partial charge in [0.15, 0.2) is 0 Å². The van der Waals surface area contributed by atoms with E-state index in [0.29, 0.717) is 23.8 Å². The second-order valence-corrected chi connectivity index (χ2v) is 5.33. The lowest BCUT2D eigenvalue weighted by Crippen LogP contribution is -2.39. The Kier molecular flexibility index (Phi) is 3.88. The Morgan fingerprint density at radius 1 is 1.33 bits per heavy atom. The molecular weight excluding hydrogens is 226 g/mol. The van der Waals surface area contributed by atoms with Crippen molar-refractivity contribution in [3.8, 4) is 11.8 Å². The third-order valence-corrected chi connectivity index (χ3v) is 3.70. The molecule has 96 valence electrons. The molecule has 0 saturated heterocycles. The lowest BCUT2D eigenvalue weighted by molar-refractivity contribution is -0.0424. The van der Waals surface area contributed by atoms with E-state index in [1.165, 1.54) is 0 Å². The lowest BCUT2D eigenvalue weighted by Gasteiger charge is -2.34. The van der Waals surface area contributed by atoms with Gasteiger partial charge in [-0.25, -0.2) is 0 Å². The van der Waals surface area contributed by atoms with Crippen LogP contribution in [0.15, 0.2) is 24.3 Å². The summed E-state index contributed by atoms with van der Waals surface area (Å²) in [5.74, 6) is 1.42. The normalized spacial score (nSPS) is 27.5. The van der Waals surface area contributed by atoms with Crippen molar-refractivity contribution in [2.75, 3.05) is 6.61 Å². The molecular formula is C15H19NO2. The van der Waals surface area contributed by atoms with Gasteiger partial charge in [0.2, 0.25) is 0 Å². The smallest absolute Gasteiger partial charge is 0.119 e. The molecule has 0 radical (unpaired) electrons. The monoisotopic (exact) mass is 245 g/mol. The number of aliphatic hydroxyl groups is 1. The molecule has 0 aromatic heterocycles. The molecule has 1 aliphatic carbocycles. The standard InChI is InChI=1S/C15H19NO2/c1-12-6-8-15(17,9-7-12)11-18-14-4-2-13(10-16)3-5-14/h2-5,12,17H,6-9,11H2,1H3. The highest BCUT2D eigenvalue weighted by atomic mass is 16.5. The number of rotatable bonds is 3. The lowest BCUT2D eigenvalue weighted by atomic mass is 9.80. The summed E-state index contributed by atoms with van der Waals surface area (Å²) in [5.41, 5.74) is -0.0620. The van der Waals surface area contributed by atoms with Gasteiger partial charge < -0.3 is 9.84 Å². The van der Waals surface area contributed by atoms with Gasteiger partial charge in [-0.1, -0.05) is 6.92 Å². The molecule has 18 heavy (non-hydrogen) atoms. The van der Waals surface area contributed by atoms with Crippen LogP contribution in [0, 0.1) is 17.2 Å². The molecule has 1 N–H and O–H groups in total. The zero-order valence-electron chi connectivity index (χ0n) is 10.7. The topological polar surface area (TPSA) is 53.2 Å². The van der Waals surface area contributed by atoms with Crippen LogP contribution in [0.3, 0.4) is 0 Å². The molecule has 2 rings (SSSR count). The minimum atomic E-state index is -0.680. The Morgan fingerprint density at radius 2 is 1.94 bits per heavy atom. The van der Waals surface area contributed by atoms with Crippen LogP contribution in [0.4, 0.5) is 0 Å². The van der Waals surface area contributed by atoms with Crippen LogP contribution in [0.1, 0.15) is 38.2 Å². The van der Waals surface area contributed by atoms with E-state index in [1.54, 1.807) is 24.3 Å². The number of benzene rings is 1. The second kappa shape index (κ2) is 5.41. The van der Waals surface area contributed by atoms with E-state index in [4.69, 9.17) is 10.00 Å². The Balaban J connectivity index is 1.89. The SMILES string of the molecule is CC1CCC(O)(COc2ccc(C#N)cc2)CC1. The molecule has 3 heteroatoms. The fourth-order valence-corrected chi connectivity index (χ4v) is 2.29. The molecule has 1 aliphatic rings. The van der Waals surface area contributed by atoms with E-state index in [-0.39, 0.29) is 0 Å². The molecule has 1 aromatic carbocycles. The summed E-state index contributed by atoms with van der Waals surface area (Å²) in [4.78, 5) is 0. The Morgan fingerprint density at radius 3 is 2.50 bits per heavy atom. The van der Waals surface area contributed by atoms with Gasteiger partial charge in [0.05, 0.1) is 17.2 Å². The van der Waals surface area contributed by atoms with Gasteiger partial charge in [0.1, 0.15) is 12.4 Å². The summed E-state index contributed by atoms with van der Waals surface area (Å²) in [5, 5.41) is 19.1. The van der Waals surface area contributed by atoms with Crippen molar-refractivity contribution in [2.24, 2.45) is 5.92 Å². The average molecular weight is 245 g/mol. The Labute approximate surface area is 108 Å². The van der Waals surface area contributed by atoms with Crippen LogP contribution in [-0.4, -0.2) is 17.3 Å². The first-order chi connectivity index (χ1) is 8.61. The average Bonchev–Trinajstić information content (AvgIpc) is 2.41. The summed E-state index contributed by atoms with van der Waals surface area (Å²) >= 11 is 0. The summed E-state index contributed by atoms with van der Waals surface area (Å²) in [6.45, 7) is 2.56. The van der Waals surface area contributed by atoms with Gasteiger partial charge in [-0.05, 0) is 55.9 Å². The molecule has 1 fully saturated rings. The fraction of sp³-hybridized carbons (Fsp3) is 0.533. The predicted molar refractivity (Wildman–Crippen MR) is 69.2 cm³/mol. The quantitative estimate of drug-likeness (QED) is 0.890. The summed E-state index contributed by atoms with van der Waals surface area (Å²) in [7, 11) is 0. The maximum Gasteiger partial charge on any atom is 0.119 e. The number of ether oxygens (including phenoxy) is 1. The largest absolute Gasteiger partial charge is 0.491 e. The number of hydrogen-bond donors (Lipinski definition) is 1. The van der Waals surface area contributed by atoms with Gasteiger partial charge in [-0.15, -0.1) is 0 Å². The highest BCUT2D eigenvalue weighted by Crippen LogP contribution is 2.32. The number of nitrogens with zero attached hydrogens (tertiary/aromatic N) is 1. The van der Waals surface area contributed by atoms with E-state index in [0.717, 1.165) is 25.7 Å². The second-order valence-electron chi connectivity index (χ2n) is 5.33. The molecule has 0 atom stereocenters. The Hall–Kier alpha value is -1.53. The minimum Gasteiger partial charge on any atom is -0.491 e. The van der Waals surface area contributed by atoms with Crippen LogP contribution in [0.2, 0.25) is 0 Å². The fourth-order valence-electron chi connectivity index (χ4n) is 2.29. The first-order valence-corrected chi connectivity index (χ1v) is 6.47. The van der Waals surface area contributed by atoms with Crippen molar-refractivity contribution in [1.29, 1.82) is 5.26 Å². The van der Waals surface area contributed by atoms with Gasteiger partial charge in [-0.2, -0.15) is 5.26 Å². The van der Waals surface area contributed by atoms with Gasteiger partial charge in [0, 0.05) is 0 Å². The van der Waals surface area contributed by atoms with Crippen molar-refractivity contribution in [3.63, 3.8) is 0 Å². The zero-order chi connectivity index (χ0) is 13.0. The van der Waals surface area contributed by atoms with Crippen molar-refractivity contribution in [3.05, 3.63) is 29.8 Å². The first kappa shape index (κ1) is 12.9. The van der Waals surface area contributed by atoms with Crippen molar-refractivity contribution in [2.45, 2.75) is 38.2 Å². The van der Waals surface area contributed by atoms with Crippen LogP contribution in [0.25, 0.3) is 0 Å². The maximum atomic E-state index is 10.4. The van der Waals surface area contributed by atoms with Gasteiger partial charge in [-0.3, -0.25) is 0 Å². The first-order valence-electron chi connectivity index (χ1n) is 6.47. The summed E-state index contributed by atoms with van der Waals surface area (Å²) < 4.78 is 5.62. The highest BCUT2D eigenvalue weighted by Gasteiger charge is 2.32. The molecule has 0 unspecified atom stereocenters. The van der Waals surface area contributed by atoms with E-state index >= 15 is 0 Å². The van der Waals surface area contributed by atoms with Crippen LogP contribution < -0.4 is 4.74 Å². The Bertz CT molecular complexity index is 425. The summed E-state index contributed by atoms with van der Waals surface area (Å²) in [6.07, 6.45) is 3.75. The molecule has 0 heterocycles. The maximum absolute atomic E-state index is 10.4. The van der Waals surface area contributed by atoms with E-state index in [9.17, 15) is 5.11 Å². The molecule has 0 aliphatic heterocycles. The number of hydrogen-bond acceptors (Lipinski definition) is 3. The van der Waals surface area contributed by atoms with E-state index in [1.807, 2.05) is 0 Å². The summed E-state index contributed by atoms with van der Waals surface area (Å²) in [6, 6.07) is 9.06. The predicted octanol–water partition coefficient (Wildman–Crippen LogP) is 2.88. The minimum absolute atomic E-state index is 0.339. The van der Waals surface area contributed by atoms with Gasteiger partial charge >= 0.3 is 0 Å². The molecule has 3 nitrogen and oxygen atoms in total. The highest BCUT2D eigenvalue weighted by molar-refractivity contribution is 5.34. The van der Waals surface area contributed by atoms with Crippen molar-refractivity contribution in [1.82, 2.24) is 0 Å². The molecule has 0 bridgehead atoms. The van der Waals surface area contributed by atoms with Crippen LogP contribution in [-0.2, 0) is 0 Å². The molecule has 1 saturated carbocycles. The van der Waals surface area contributed by atoms with Gasteiger partial charge in [0.25, 0.3) is 0 Å². The van der Waals surface area contributed by atoms with Crippen molar-refractivity contribution >= 4 is 0 Å². The van der Waals surface area contributed by atoms with E-state index < -0.39 is 5.60 Å². The third kappa shape index (κ3) is 3.24. The van der Waals surface area contributed by atoms with Crippen molar-refractivity contribution < 1.29 is 9.84 Å². The van der Waals surface area contributed by atoms with Crippen LogP contribution in [0.5, 0.6) is 5.75 Å². The number of nitriles is 1.